The van der Waals surface area contributed by atoms with Gasteiger partial charge in [0.2, 0.25) is 5.91 Å². The molecule has 2 heterocycles. The Kier molecular flexibility index (Phi) is 7.04. The Morgan fingerprint density at radius 1 is 1.24 bits per heavy atom. The summed E-state index contributed by atoms with van der Waals surface area (Å²) in [6.45, 7) is 3.94. The molecule has 1 aliphatic rings. The minimum Gasteiger partial charge on any atom is -0.483 e. The molecule has 2 aromatic heterocycles. The van der Waals surface area contributed by atoms with Crippen LogP contribution in [0.3, 0.4) is 0 Å². The van der Waals surface area contributed by atoms with Crippen molar-refractivity contribution in [2.24, 2.45) is 7.05 Å². The number of aromatic nitrogens is 3. The van der Waals surface area contributed by atoms with Gasteiger partial charge in [-0.1, -0.05) is 29.5 Å². The van der Waals surface area contributed by atoms with Crippen LogP contribution in [-0.2, 0) is 29.4 Å². The third kappa shape index (κ3) is 5.06. The number of hydrogen-bond acceptors (Lipinski definition) is 8. The number of hydrogen-bond donors (Lipinski definition) is 1. The van der Waals surface area contributed by atoms with E-state index >= 15 is 0 Å². The number of thiophene rings is 1. The van der Waals surface area contributed by atoms with Crippen LogP contribution in [0.5, 0.6) is 5.75 Å². The third-order valence-corrected chi connectivity index (χ3v) is 7.69. The van der Waals surface area contributed by atoms with Gasteiger partial charge in [0.15, 0.2) is 17.1 Å². The topological polar surface area (TPSA) is 95.3 Å². The third-order valence-electron chi connectivity index (χ3n) is 5.46. The summed E-state index contributed by atoms with van der Waals surface area (Å²) in [5.41, 5.74) is 2.67. The smallest absolute Gasteiger partial charge is 0.341 e. The van der Waals surface area contributed by atoms with Crippen molar-refractivity contribution in [3.63, 3.8) is 0 Å². The summed E-state index contributed by atoms with van der Waals surface area (Å²) < 4.78 is 12.7. The van der Waals surface area contributed by atoms with Crippen LogP contribution in [0.4, 0.5) is 5.00 Å². The molecule has 3 aromatic rings. The molecule has 174 valence electrons. The zero-order valence-electron chi connectivity index (χ0n) is 19.0. The van der Waals surface area contributed by atoms with Crippen molar-refractivity contribution in [1.82, 2.24) is 14.8 Å². The number of fused-ring (bicyclic) bond motifs is 1. The fraction of sp³-hybridized carbons (Fsp3) is 0.391. The van der Waals surface area contributed by atoms with Gasteiger partial charge in [-0.3, -0.25) is 4.79 Å². The molecule has 33 heavy (non-hydrogen) atoms. The summed E-state index contributed by atoms with van der Waals surface area (Å²) in [7, 11) is 3.21. The van der Waals surface area contributed by atoms with E-state index in [2.05, 4.69) is 15.5 Å². The van der Waals surface area contributed by atoms with Gasteiger partial charge in [-0.25, -0.2) is 4.79 Å². The summed E-state index contributed by atoms with van der Waals surface area (Å²) >= 11 is 2.75. The molecule has 1 aliphatic carbocycles. The number of nitrogens with one attached hydrogen (secondary N) is 1. The van der Waals surface area contributed by atoms with E-state index in [0.717, 1.165) is 41.0 Å². The van der Waals surface area contributed by atoms with Gasteiger partial charge in [-0.05, 0) is 50.8 Å². The van der Waals surface area contributed by atoms with E-state index < -0.39 is 5.97 Å². The van der Waals surface area contributed by atoms with Gasteiger partial charge in [0.05, 0.1) is 18.4 Å². The average Bonchev–Trinajstić information content (AvgIpc) is 3.48. The number of anilines is 1. The Labute approximate surface area is 200 Å². The van der Waals surface area contributed by atoms with Crippen molar-refractivity contribution < 1.29 is 19.1 Å². The Hall–Kier alpha value is -2.85. The second-order valence-electron chi connectivity index (χ2n) is 7.86. The summed E-state index contributed by atoms with van der Waals surface area (Å²) in [5.74, 6) is 0.953. The number of aryl methyl sites for hydroxylation is 2. The molecule has 0 fully saturated rings. The largest absolute Gasteiger partial charge is 0.483 e. The SMILES string of the molecule is COC(=O)c1c(NC(=O)CSc2nnc(C(C)Oc3ccc(C)cc3)n2C)sc2c1CCC2. The standard InChI is InChI=1S/C23H26N4O4S2/c1-13-8-10-15(11-9-13)31-14(2)20-25-26-23(27(20)3)32-12-18(28)24-21-19(22(29)30-4)16-6-5-7-17(16)33-21/h8-11,14H,5-7,12H2,1-4H3,(H,24,28). The molecule has 0 saturated carbocycles. The predicted octanol–water partition coefficient (Wildman–Crippen LogP) is 4.33. The first-order valence-corrected chi connectivity index (χ1v) is 12.5. The van der Waals surface area contributed by atoms with Crippen molar-refractivity contribution in [2.45, 2.75) is 44.4 Å². The molecule has 0 spiro atoms. The molecule has 0 bridgehead atoms. The number of thioether (sulfide) groups is 1. The van der Waals surface area contributed by atoms with Crippen molar-refractivity contribution in [3.8, 4) is 5.75 Å². The molecule has 8 nitrogen and oxygen atoms in total. The van der Waals surface area contributed by atoms with Crippen molar-refractivity contribution in [3.05, 3.63) is 51.7 Å². The van der Waals surface area contributed by atoms with E-state index in [-0.39, 0.29) is 17.8 Å². The fourth-order valence-corrected chi connectivity index (χ4v) is 5.79. The number of esters is 1. The molecule has 1 unspecified atom stereocenters. The number of carbonyl (C=O) groups is 2. The Morgan fingerprint density at radius 2 is 2.00 bits per heavy atom. The minimum absolute atomic E-state index is 0.141. The number of ether oxygens (including phenoxy) is 2. The molecule has 1 atom stereocenters. The van der Waals surface area contributed by atoms with Crippen LogP contribution in [0.15, 0.2) is 29.4 Å². The second-order valence-corrected chi connectivity index (χ2v) is 9.91. The van der Waals surface area contributed by atoms with Gasteiger partial charge >= 0.3 is 5.97 Å². The molecule has 4 rings (SSSR count). The number of methoxy groups -OCH3 is 1. The lowest BCUT2D eigenvalue weighted by Crippen LogP contribution is -2.16. The van der Waals surface area contributed by atoms with E-state index in [9.17, 15) is 9.59 Å². The number of carbonyl (C=O) groups excluding carboxylic acids is 2. The molecule has 0 aliphatic heterocycles. The highest BCUT2D eigenvalue weighted by atomic mass is 32.2. The lowest BCUT2D eigenvalue weighted by Gasteiger charge is -2.14. The van der Waals surface area contributed by atoms with Crippen LogP contribution in [0.2, 0.25) is 0 Å². The Bertz CT molecular complexity index is 1170. The normalized spacial score (nSPS) is 13.5. The van der Waals surface area contributed by atoms with Gasteiger partial charge in [0.25, 0.3) is 0 Å². The first kappa shape index (κ1) is 23.3. The van der Waals surface area contributed by atoms with E-state index in [1.165, 1.54) is 30.2 Å². The molecule has 1 amide bonds. The van der Waals surface area contributed by atoms with Gasteiger partial charge in [-0.2, -0.15) is 0 Å². The van der Waals surface area contributed by atoms with E-state index in [0.29, 0.717) is 21.5 Å². The second kappa shape index (κ2) is 9.96. The van der Waals surface area contributed by atoms with Crippen molar-refractivity contribution in [1.29, 1.82) is 0 Å². The predicted molar refractivity (Wildman–Crippen MR) is 128 cm³/mol. The van der Waals surface area contributed by atoms with Gasteiger partial charge in [0.1, 0.15) is 10.8 Å². The summed E-state index contributed by atoms with van der Waals surface area (Å²) in [6, 6.07) is 7.83. The van der Waals surface area contributed by atoms with Gasteiger partial charge in [-0.15, -0.1) is 21.5 Å². The molecular formula is C23H26N4O4S2. The monoisotopic (exact) mass is 486 g/mol. The number of amides is 1. The molecular weight excluding hydrogens is 460 g/mol. The Morgan fingerprint density at radius 3 is 2.73 bits per heavy atom. The van der Waals surface area contributed by atoms with Crippen LogP contribution in [0, 0.1) is 6.92 Å². The highest BCUT2D eigenvalue weighted by Crippen LogP contribution is 2.39. The van der Waals surface area contributed by atoms with E-state index in [1.54, 1.807) is 0 Å². The first-order chi connectivity index (χ1) is 15.9. The molecule has 10 heteroatoms. The van der Waals surface area contributed by atoms with E-state index in [4.69, 9.17) is 9.47 Å². The Balaban J connectivity index is 1.38. The number of benzene rings is 1. The number of rotatable bonds is 8. The zero-order valence-corrected chi connectivity index (χ0v) is 20.6. The maximum absolute atomic E-state index is 12.6. The summed E-state index contributed by atoms with van der Waals surface area (Å²) in [4.78, 5) is 26.1. The van der Waals surface area contributed by atoms with Crippen LogP contribution in [-0.4, -0.2) is 39.5 Å². The summed E-state index contributed by atoms with van der Waals surface area (Å²) in [6.07, 6.45) is 2.49. The van der Waals surface area contributed by atoms with Crippen molar-refractivity contribution in [2.75, 3.05) is 18.2 Å². The number of nitrogens with zero attached hydrogens (tertiary/aromatic N) is 3. The highest BCUT2D eigenvalue weighted by molar-refractivity contribution is 7.99. The highest BCUT2D eigenvalue weighted by Gasteiger charge is 2.28. The van der Waals surface area contributed by atoms with Crippen molar-refractivity contribution >= 4 is 40.0 Å². The maximum Gasteiger partial charge on any atom is 0.341 e. The first-order valence-electron chi connectivity index (χ1n) is 10.7. The van der Waals surface area contributed by atoms with Crippen LogP contribution >= 0.6 is 23.1 Å². The fourth-order valence-electron chi connectivity index (χ4n) is 3.78. The quantitative estimate of drug-likeness (QED) is 0.374. The van der Waals surface area contributed by atoms with Crippen LogP contribution < -0.4 is 10.1 Å². The average molecular weight is 487 g/mol. The zero-order chi connectivity index (χ0) is 23.5. The lowest BCUT2D eigenvalue weighted by atomic mass is 10.1. The van der Waals surface area contributed by atoms with Crippen LogP contribution in [0.1, 0.15) is 51.6 Å². The minimum atomic E-state index is -0.405. The molecule has 1 aromatic carbocycles. The van der Waals surface area contributed by atoms with Gasteiger partial charge < -0.3 is 19.4 Å². The molecule has 0 saturated heterocycles. The van der Waals surface area contributed by atoms with Crippen LogP contribution in [0.25, 0.3) is 0 Å². The molecule has 0 radical (unpaired) electrons. The summed E-state index contributed by atoms with van der Waals surface area (Å²) in [5, 5.41) is 12.5. The lowest BCUT2D eigenvalue weighted by molar-refractivity contribution is -0.113. The van der Waals surface area contributed by atoms with Gasteiger partial charge in [0, 0.05) is 11.9 Å². The molecule has 1 N–H and O–H groups in total. The maximum atomic E-state index is 12.6. The van der Waals surface area contributed by atoms with E-state index in [1.807, 2.05) is 49.7 Å².